The largest absolute Gasteiger partial charge is 0.507 e. The van der Waals surface area contributed by atoms with Crippen LogP contribution in [0, 0.1) is 0 Å². The predicted molar refractivity (Wildman–Crippen MR) is 57.9 cm³/mol. The summed E-state index contributed by atoms with van der Waals surface area (Å²) in [4.78, 5) is 0. The average Bonchev–Trinajstić information content (AvgIpc) is 2.29. The van der Waals surface area contributed by atoms with Crippen LogP contribution in [0.4, 0.5) is 0 Å². The van der Waals surface area contributed by atoms with Gasteiger partial charge in [-0.15, -0.1) is 0 Å². The van der Waals surface area contributed by atoms with Gasteiger partial charge in [-0.1, -0.05) is 30.3 Å². The van der Waals surface area contributed by atoms with Crippen molar-refractivity contribution >= 4 is 0 Å². The van der Waals surface area contributed by atoms with Gasteiger partial charge in [0.25, 0.3) is 0 Å². The van der Waals surface area contributed by atoms with E-state index in [1.807, 2.05) is 36.4 Å². The molecule has 3 rings (SSSR count). The van der Waals surface area contributed by atoms with Crippen molar-refractivity contribution in [3.05, 3.63) is 48.0 Å². The average molecular weight is 198 g/mol. The number of aromatic hydroxyl groups is 1. The number of ether oxygens (including phenoxy) is 1. The van der Waals surface area contributed by atoms with Crippen LogP contribution in [-0.2, 0) is 6.61 Å². The number of fused-ring (bicyclic) bond motifs is 3. The maximum atomic E-state index is 9.85. The van der Waals surface area contributed by atoms with Crippen molar-refractivity contribution in [2.75, 3.05) is 0 Å². The first-order valence-corrected chi connectivity index (χ1v) is 4.89. The smallest absolute Gasteiger partial charge is 0.127 e. The van der Waals surface area contributed by atoms with Gasteiger partial charge in [-0.2, -0.15) is 0 Å². The topological polar surface area (TPSA) is 29.5 Å². The van der Waals surface area contributed by atoms with Gasteiger partial charge in [-0.3, -0.25) is 0 Å². The summed E-state index contributed by atoms with van der Waals surface area (Å²) in [6.07, 6.45) is 0. The summed E-state index contributed by atoms with van der Waals surface area (Å²) in [6.45, 7) is 0.529. The lowest BCUT2D eigenvalue weighted by Gasteiger charge is -2.21. The monoisotopic (exact) mass is 198 g/mol. The van der Waals surface area contributed by atoms with Crippen molar-refractivity contribution < 1.29 is 9.84 Å². The lowest BCUT2D eigenvalue weighted by atomic mass is 9.96. The van der Waals surface area contributed by atoms with Gasteiger partial charge in [-0.25, -0.2) is 0 Å². The molecule has 1 aliphatic heterocycles. The van der Waals surface area contributed by atoms with Crippen LogP contribution in [0.2, 0.25) is 0 Å². The van der Waals surface area contributed by atoms with Crippen LogP contribution in [-0.4, -0.2) is 5.11 Å². The van der Waals surface area contributed by atoms with Gasteiger partial charge in [0.2, 0.25) is 0 Å². The molecule has 2 aromatic carbocycles. The van der Waals surface area contributed by atoms with E-state index < -0.39 is 0 Å². The zero-order chi connectivity index (χ0) is 10.3. The van der Waals surface area contributed by atoms with Crippen LogP contribution in [0.1, 0.15) is 5.56 Å². The highest BCUT2D eigenvalue weighted by Gasteiger charge is 2.18. The highest BCUT2D eigenvalue weighted by molar-refractivity contribution is 5.79. The highest BCUT2D eigenvalue weighted by Crippen LogP contribution is 2.41. The number of rotatable bonds is 0. The Hall–Kier alpha value is -1.96. The first-order valence-electron chi connectivity index (χ1n) is 4.89. The van der Waals surface area contributed by atoms with Gasteiger partial charge in [0.15, 0.2) is 0 Å². The first kappa shape index (κ1) is 8.36. The van der Waals surface area contributed by atoms with Gasteiger partial charge >= 0.3 is 0 Å². The minimum Gasteiger partial charge on any atom is -0.507 e. The SMILES string of the molecule is Oc1cccc2c1-c1ccccc1OC2. The van der Waals surface area contributed by atoms with Gasteiger partial charge in [-0.05, 0) is 12.1 Å². The van der Waals surface area contributed by atoms with E-state index in [0.717, 1.165) is 22.4 Å². The third-order valence-corrected chi connectivity index (χ3v) is 2.67. The minimum atomic E-state index is 0.322. The van der Waals surface area contributed by atoms with Crippen LogP contribution in [0.25, 0.3) is 11.1 Å². The molecule has 0 saturated heterocycles. The molecule has 0 fully saturated rings. The van der Waals surface area contributed by atoms with Gasteiger partial charge < -0.3 is 9.84 Å². The first-order chi connectivity index (χ1) is 7.36. The normalized spacial score (nSPS) is 12.5. The zero-order valence-electron chi connectivity index (χ0n) is 8.10. The summed E-state index contributed by atoms with van der Waals surface area (Å²) in [5.41, 5.74) is 2.91. The fraction of sp³-hybridized carbons (Fsp3) is 0.0769. The van der Waals surface area contributed by atoms with Crippen LogP contribution < -0.4 is 4.74 Å². The van der Waals surface area contributed by atoms with E-state index in [-0.39, 0.29) is 0 Å². The van der Waals surface area contributed by atoms with Crippen molar-refractivity contribution in [3.8, 4) is 22.6 Å². The second-order valence-electron chi connectivity index (χ2n) is 3.60. The second-order valence-corrected chi connectivity index (χ2v) is 3.60. The molecule has 2 heteroatoms. The molecule has 2 nitrogen and oxygen atoms in total. The van der Waals surface area contributed by atoms with Crippen molar-refractivity contribution in [2.45, 2.75) is 6.61 Å². The Labute approximate surface area is 87.8 Å². The summed E-state index contributed by atoms with van der Waals surface area (Å²) in [6, 6.07) is 13.3. The maximum Gasteiger partial charge on any atom is 0.127 e. The number of hydrogen-bond donors (Lipinski definition) is 1. The van der Waals surface area contributed by atoms with Gasteiger partial charge in [0.05, 0.1) is 0 Å². The van der Waals surface area contributed by atoms with Crippen LogP contribution in [0.15, 0.2) is 42.5 Å². The molecule has 1 heterocycles. The molecule has 0 aliphatic carbocycles. The highest BCUT2D eigenvalue weighted by atomic mass is 16.5. The molecule has 0 saturated carbocycles. The van der Waals surface area contributed by atoms with Crippen LogP contribution >= 0.6 is 0 Å². The molecule has 0 aromatic heterocycles. The lowest BCUT2D eigenvalue weighted by molar-refractivity contribution is 0.301. The minimum absolute atomic E-state index is 0.322. The Kier molecular flexibility index (Phi) is 1.68. The summed E-state index contributed by atoms with van der Waals surface area (Å²) in [5.74, 6) is 1.16. The second kappa shape index (κ2) is 3.02. The Bertz CT molecular complexity index is 518. The van der Waals surface area contributed by atoms with E-state index in [0.29, 0.717) is 12.4 Å². The molecule has 0 spiro atoms. The van der Waals surface area contributed by atoms with Crippen molar-refractivity contribution in [2.24, 2.45) is 0 Å². The predicted octanol–water partition coefficient (Wildman–Crippen LogP) is 2.95. The summed E-state index contributed by atoms with van der Waals surface area (Å²) in [7, 11) is 0. The number of para-hydroxylation sites is 1. The Morgan fingerprint density at radius 1 is 1.00 bits per heavy atom. The third-order valence-electron chi connectivity index (χ3n) is 2.67. The van der Waals surface area contributed by atoms with Crippen LogP contribution in [0.5, 0.6) is 11.5 Å². The molecule has 0 amide bonds. The van der Waals surface area contributed by atoms with E-state index in [9.17, 15) is 5.11 Å². The Morgan fingerprint density at radius 3 is 2.80 bits per heavy atom. The molecule has 0 atom stereocenters. The van der Waals surface area contributed by atoms with E-state index in [1.54, 1.807) is 6.07 Å². The van der Waals surface area contributed by atoms with Crippen LogP contribution in [0.3, 0.4) is 0 Å². The van der Waals surface area contributed by atoms with Crippen molar-refractivity contribution in [3.63, 3.8) is 0 Å². The lowest BCUT2D eigenvalue weighted by Crippen LogP contribution is -2.04. The van der Waals surface area contributed by atoms with E-state index >= 15 is 0 Å². The summed E-state index contributed by atoms with van der Waals surface area (Å²) in [5, 5.41) is 9.85. The molecule has 74 valence electrons. The fourth-order valence-electron chi connectivity index (χ4n) is 1.97. The third kappa shape index (κ3) is 1.18. The molecule has 1 aliphatic rings. The standard InChI is InChI=1S/C13H10O2/c14-11-6-3-4-9-8-15-12-7-2-1-5-10(12)13(9)11/h1-7,14H,8H2. The number of benzene rings is 2. The van der Waals surface area contributed by atoms with E-state index in [4.69, 9.17) is 4.74 Å². The number of phenolic OH excluding ortho intramolecular Hbond substituents is 1. The number of phenols is 1. The molecular formula is C13H10O2. The molecule has 2 aromatic rings. The Morgan fingerprint density at radius 2 is 1.87 bits per heavy atom. The Balaban J connectivity index is 2.33. The quantitative estimate of drug-likeness (QED) is 0.705. The van der Waals surface area contributed by atoms with Gasteiger partial charge in [0, 0.05) is 16.7 Å². The molecule has 1 N–H and O–H groups in total. The van der Waals surface area contributed by atoms with Gasteiger partial charge in [0.1, 0.15) is 18.1 Å². The zero-order valence-corrected chi connectivity index (χ0v) is 8.10. The molecular weight excluding hydrogens is 188 g/mol. The molecule has 0 radical (unpaired) electrons. The van der Waals surface area contributed by atoms with E-state index in [1.165, 1.54) is 0 Å². The molecule has 0 bridgehead atoms. The summed E-state index contributed by atoms with van der Waals surface area (Å²) < 4.78 is 5.59. The van der Waals surface area contributed by atoms with Crippen molar-refractivity contribution in [1.82, 2.24) is 0 Å². The maximum absolute atomic E-state index is 9.85. The van der Waals surface area contributed by atoms with E-state index in [2.05, 4.69) is 0 Å². The summed E-state index contributed by atoms with van der Waals surface area (Å²) >= 11 is 0. The van der Waals surface area contributed by atoms with Crippen molar-refractivity contribution in [1.29, 1.82) is 0 Å². The molecule has 15 heavy (non-hydrogen) atoms. The molecule has 0 unspecified atom stereocenters. The fourth-order valence-corrected chi connectivity index (χ4v) is 1.97. The number of hydrogen-bond acceptors (Lipinski definition) is 2.